The second kappa shape index (κ2) is 19.0. The lowest BCUT2D eigenvalue weighted by molar-refractivity contribution is 0.0878. The number of carbonyl (C=O) groups is 2. The van der Waals surface area contributed by atoms with Gasteiger partial charge in [-0.15, -0.1) is 0 Å². The van der Waals surface area contributed by atoms with E-state index in [9.17, 15) is 9.59 Å². The first kappa shape index (κ1) is 39.0. The standard InChI is InChI=1S/C43H49N5O6/c1-45(2)38-18-10-32(11-19-38)26-47(28-34-14-22-40(51-5)23-15-34)42(49)53-30-36-8-7-9-37(44-36)31-54-43(50)48(29-35-16-24-41(52-6)25-17-35)27-33-12-20-39(21-13-33)46(3)4/h7-25H,26-31H2,1-6H3. The fourth-order valence-electron chi connectivity index (χ4n) is 5.66. The van der Waals surface area contributed by atoms with Gasteiger partial charge in [0.05, 0.1) is 25.6 Å². The van der Waals surface area contributed by atoms with Crippen LogP contribution >= 0.6 is 0 Å². The van der Waals surface area contributed by atoms with Gasteiger partial charge < -0.3 is 28.7 Å². The summed E-state index contributed by atoms with van der Waals surface area (Å²) in [5.41, 5.74) is 7.02. The summed E-state index contributed by atoms with van der Waals surface area (Å²) in [5, 5.41) is 0. The molecule has 0 aliphatic heterocycles. The van der Waals surface area contributed by atoms with Crippen molar-refractivity contribution in [2.45, 2.75) is 39.4 Å². The highest BCUT2D eigenvalue weighted by Gasteiger charge is 2.19. The molecule has 0 aliphatic carbocycles. The Hall–Kier alpha value is -6.23. The maximum Gasteiger partial charge on any atom is 0.410 e. The Morgan fingerprint density at radius 2 is 0.796 bits per heavy atom. The summed E-state index contributed by atoms with van der Waals surface area (Å²) in [6.45, 7) is 1.30. The van der Waals surface area contributed by atoms with Crippen molar-refractivity contribution >= 4 is 23.6 Å². The molecule has 4 aromatic carbocycles. The largest absolute Gasteiger partial charge is 0.497 e. The van der Waals surface area contributed by atoms with E-state index < -0.39 is 12.2 Å². The number of rotatable bonds is 16. The van der Waals surface area contributed by atoms with Gasteiger partial charge in [0.1, 0.15) is 24.7 Å². The van der Waals surface area contributed by atoms with Crippen LogP contribution in [-0.2, 0) is 48.9 Å². The molecule has 0 unspecified atom stereocenters. The molecule has 0 fully saturated rings. The number of pyridine rings is 1. The van der Waals surface area contributed by atoms with Crippen LogP contribution in [0.25, 0.3) is 0 Å². The van der Waals surface area contributed by atoms with E-state index in [2.05, 4.69) is 4.98 Å². The van der Waals surface area contributed by atoms with Gasteiger partial charge in [0, 0.05) is 65.7 Å². The van der Waals surface area contributed by atoms with Crippen molar-refractivity contribution in [3.63, 3.8) is 0 Å². The van der Waals surface area contributed by atoms with E-state index in [0.717, 1.165) is 45.1 Å². The van der Waals surface area contributed by atoms with Crippen molar-refractivity contribution in [1.82, 2.24) is 14.8 Å². The topological polar surface area (TPSA) is 96.9 Å². The average Bonchev–Trinajstić information content (AvgIpc) is 3.19. The van der Waals surface area contributed by atoms with Gasteiger partial charge in [0.25, 0.3) is 0 Å². The van der Waals surface area contributed by atoms with Gasteiger partial charge in [0.15, 0.2) is 0 Å². The van der Waals surface area contributed by atoms with Crippen LogP contribution in [0.5, 0.6) is 11.5 Å². The number of hydrogen-bond donors (Lipinski definition) is 0. The van der Waals surface area contributed by atoms with E-state index in [1.807, 2.05) is 141 Å². The van der Waals surface area contributed by atoms with E-state index in [-0.39, 0.29) is 13.2 Å². The fourth-order valence-corrected chi connectivity index (χ4v) is 5.66. The monoisotopic (exact) mass is 731 g/mol. The predicted octanol–water partition coefficient (Wildman–Crippen LogP) is 7.91. The first-order valence-corrected chi connectivity index (χ1v) is 17.7. The van der Waals surface area contributed by atoms with Gasteiger partial charge in [-0.1, -0.05) is 54.6 Å². The molecular formula is C43H49N5O6. The molecule has 0 saturated carbocycles. The Labute approximate surface area is 318 Å². The Morgan fingerprint density at radius 1 is 0.481 bits per heavy atom. The molecule has 5 rings (SSSR count). The quantitative estimate of drug-likeness (QED) is 0.100. The molecule has 1 heterocycles. The summed E-state index contributed by atoms with van der Waals surface area (Å²) in [5.74, 6) is 1.48. The highest BCUT2D eigenvalue weighted by atomic mass is 16.6. The maximum absolute atomic E-state index is 13.5. The molecule has 1 aromatic heterocycles. The minimum absolute atomic E-state index is 0.0498. The number of amides is 2. The molecule has 5 aromatic rings. The highest BCUT2D eigenvalue weighted by Crippen LogP contribution is 2.20. The third-order valence-electron chi connectivity index (χ3n) is 8.79. The van der Waals surface area contributed by atoms with Crippen LogP contribution in [0.2, 0.25) is 0 Å². The normalized spacial score (nSPS) is 10.6. The van der Waals surface area contributed by atoms with Crippen LogP contribution < -0.4 is 19.3 Å². The zero-order chi connectivity index (χ0) is 38.5. The smallest absolute Gasteiger partial charge is 0.410 e. The molecule has 0 N–H and O–H groups in total. The third-order valence-corrected chi connectivity index (χ3v) is 8.79. The number of carbonyl (C=O) groups excluding carboxylic acids is 2. The van der Waals surface area contributed by atoms with Crippen LogP contribution in [0.1, 0.15) is 33.6 Å². The van der Waals surface area contributed by atoms with Crippen LogP contribution in [0, 0.1) is 0 Å². The maximum atomic E-state index is 13.5. The predicted molar refractivity (Wildman–Crippen MR) is 211 cm³/mol. The fraction of sp³-hybridized carbons (Fsp3) is 0.279. The number of ether oxygens (including phenoxy) is 4. The number of anilines is 2. The average molecular weight is 732 g/mol. The second-order valence-corrected chi connectivity index (χ2v) is 13.3. The molecule has 0 spiro atoms. The van der Waals surface area contributed by atoms with Crippen LogP contribution in [0.4, 0.5) is 21.0 Å². The van der Waals surface area contributed by atoms with E-state index >= 15 is 0 Å². The third kappa shape index (κ3) is 11.4. The van der Waals surface area contributed by atoms with Crippen LogP contribution in [-0.4, -0.2) is 69.4 Å². The summed E-state index contributed by atoms with van der Waals surface area (Å²) >= 11 is 0. The van der Waals surface area contributed by atoms with Crippen LogP contribution in [0.15, 0.2) is 115 Å². The Balaban J connectivity index is 1.23. The SMILES string of the molecule is COc1ccc(CN(Cc2ccc(N(C)C)cc2)C(=O)OCc2cccc(COC(=O)N(Cc3ccc(OC)cc3)Cc3ccc(N(C)C)cc3)n2)cc1. The summed E-state index contributed by atoms with van der Waals surface area (Å²) in [4.78, 5) is 39.1. The molecule has 0 aliphatic rings. The van der Waals surface area contributed by atoms with Crippen molar-refractivity contribution in [1.29, 1.82) is 0 Å². The lowest BCUT2D eigenvalue weighted by Crippen LogP contribution is -2.31. The highest BCUT2D eigenvalue weighted by molar-refractivity contribution is 5.68. The molecule has 54 heavy (non-hydrogen) atoms. The molecule has 2 amide bonds. The zero-order valence-electron chi connectivity index (χ0n) is 31.9. The molecule has 11 heteroatoms. The number of aromatic nitrogens is 1. The van der Waals surface area contributed by atoms with Gasteiger partial charge in [0.2, 0.25) is 0 Å². The van der Waals surface area contributed by atoms with Crippen molar-refractivity contribution in [3.05, 3.63) is 149 Å². The molecular weight excluding hydrogens is 683 g/mol. The Kier molecular flexibility index (Phi) is 13.7. The summed E-state index contributed by atoms with van der Waals surface area (Å²) < 4.78 is 22.2. The first-order valence-electron chi connectivity index (χ1n) is 17.7. The zero-order valence-corrected chi connectivity index (χ0v) is 31.9. The minimum atomic E-state index is -0.478. The van der Waals surface area contributed by atoms with Crippen molar-refractivity contribution in [2.24, 2.45) is 0 Å². The number of nitrogens with zero attached hydrogens (tertiary/aromatic N) is 5. The lowest BCUT2D eigenvalue weighted by Gasteiger charge is -2.23. The van der Waals surface area contributed by atoms with E-state index in [0.29, 0.717) is 37.6 Å². The second-order valence-electron chi connectivity index (χ2n) is 13.3. The summed E-state index contributed by atoms with van der Waals surface area (Å²) in [6.07, 6.45) is -0.956. The van der Waals surface area contributed by atoms with E-state index in [1.165, 1.54) is 0 Å². The van der Waals surface area contributed by atoms with Crippen molar-refractivity contribution in [2.75, 3.05) is 52.2 Å². The van der Waals surface area contributed by atoms with Gasteiger partial charge in [-0.3, -0.25) is 14.8 Å². The van der Waals surface area contributed by atoms with Gasteiger partial charge in [-0.05, 0) is 82.9 Å². The summed E-state index contributed by atoms with van der Waals surface area (Å²) in [6, 6.07) is 36.7. The van der Waals surface area contributed by atoms with E-state index in [1.54, 1.807) is 36.2 Å². The Morgan fingerprint density at radius 3 is 1.09 bits per heavy atom. The molecule has 0 bridgehead atoms. The van der Waals surface area contributed by atoms with Gasteiger partial charge >= 0.3 is 12.2 Å². The van der Waals surface area contributed by atoms with Crippen LogP contribution in [0.3, 0.4) is 0 Å². The number of methoxy groups -OCH3 is 2. The van der Waals surface area contributed by atoms with Crippen molar-refractivity contribution in [3.8, 4) is 11.5 Å². The Bertz CT molecular complexity index is 1790. The molecule has 11 nitrogen and oxygen atoms in total. The first-order chi connectivity index (χ1) is 26.1. The molecule has 0 saturated heterocycles. The minimum Gasteiger partial charge on any atom is -0.497 e. The van der Waals surface area contributed by atoms with Crippen molar-refractivity contribution < 1.29 is 28.5 Å². The van der Waals surface area contributed by atoms with Gasteiger partial charge in [-0.2, -0.15) is 0 Å². The molecule has 0 atom stereocenters. The number of benzene rings is 4. The lowest BCUT2D eigenvalue weighted by atomic mass is 10.1. The van der Waals surface area contributed by atoms with Gasteiger partial charge in [-0.25, -0.2) is 9.59 Å². The molecule has 0 radical (unpaired) electrons. The summed E-state index contributed by atoms with van der Waals surface area (Å²) in [7, 11) is 11.2. The molecule has 282 valence electrons. The van der Waals surface area contributed by atoms with E-state index in [4.69, 9.17) is 18.9 Å². The number of hydrogen-bond acceptors (Lipinski definition) is 9.